The van der Waals surface area contributed by atoms with E-state index in [9.17, 15) is 4.79 Å². The summed E-state index contributed by atoms with van der Waals surface area (Å²) in [6, 6.07) is 0.496. The molecule has 2 aliphatic rings. The van der Waals surface area contributed by atoms with Crippen LogP contribution in [0.5, 0.6) is 0 Å². The van der Waals surface area contributed by atoms with E-state index in [0.717, 1.165) is 32.5 Å². The van der Waals surface area contributed by atoms with Gasteiger partial charge in [-0.2, -0.15) is 0 Å². The van der Waals surface area contributed by atoms with E-state index in [0.29, 0.717) is 11.9 Å². The minimum atomic E-state index is 0.248. The Morgan fingerprint density at radius 1 is 1.24 bits per heavy atom. The molecule has 1 atom stereocenters. The average Bonchev–Trinajstić information content (AvgIpc) is 2.60. The second-order valence-corrected chi connectivity index (χ2v) is 6.10. The summed E-state index contributed by atoms with van der Waals surface area (Å²) >= 11 is 0. The summed E-state index contributed by atoms with van der Waals surface area (Å²) in [6.45, 7) is 14.0. The summed E-state index contributed by atoms with van der Waals surface area (Å²) in [6.07, 6.45) is 3.08. The number of hydrogen-bond donors (Lipinski definition) is 0. The van der Waals surface area contributed by atoms with Crippen molar-refractivity contribution in [2.24, 2.45) is 0 Å². The first-order valence-corrected chi connectivity index (χ1v) is 6.94. The number of rotatable bonds is 0. The van der Waals surface area contributed by atoms with Crippen LogP contribution in [0.15, 0.2) is 0 Å². The van der Waals surface area contributed by atoms with Crippen LogP contribution in [-0.4, -0.2) is 46.9 Å². The van der Waals surface area contributed by atoms with Crippen molar-refractivity contribution in [3.8, 4) is 0 Å². The van der Waals surface area contributed by atoms with Gasteiger partial charge in [0.05, 0.1) is 0 Å². The van der Waals surface area contributed by atoms with Crippen LogP contribution in [0.25, 0.3) is 0 Å². The van der Waals surface area contributed by atoms with Crippen LogP contribution in [0.2, 0.25) is 0 Å². The first-order chi connectivity index (χ1) is 7.90. The van der Waals surface area contributed by atoms with E-state index in [1.54, 1.807) is 0 Å². The molecule has 1 amide bonds. The highest BCUT2D eigenvalue weighted by Gasteiger charge is 2.38. The van der Waals surface area contributed by atoms with E-state index in [2.05, 4.69) is 44.4 Å². The van der Waals surface area contributed by atoms with Crippen molar-refractivity contribution in [1.82, 2.24) is 9.80 Å². The molecule has 0 bridgehead atoms. The van der Waals surface area contributed by atoms with Gasteiger partial charge in [-0.3, -0.25) is 9.69 Å². The Morgan fingerprint density at radius 2 is 1.82 bits per heavy atom. The highest BCUT2D eigenvalue weighted by molar-refractivity contribution is 5.78. The fourth-order valence-corrected chi connectivity index (χ4v) is 2.47. The van der Waals surface area contributed by atoms with Crippen LogP contribution in [0, 0.1) is 0 Å². The molecule has 0 unspecified atom stereocenters. The third-order valence-corrected chi connectivity index (χ3v) is 3.44. The van der Waals surface area contributed by atoms with Crippen LogP contribution in [0.3, 0.4) is 0 Å². The fraction of sp³-hybridized carbons (Fsp3) is 0.929. The van der Waals surface area contributed by atoms with Gasteiger partial charge in [0.15, 0.2) is 0 Å². The molecule has 0 radical (unpaired) electrons. The van der Waals surface area contributed by atoms with E-state index in [1.165, 1.54) is 6.42 Å². The van der Waals surface area contributed by atoms with Crippen molar-refractivity contribution < 1.29 is 4.79 Å². The molecule has 17 heavy (non-hydrogen) atoms. The number of hydrogen-bond acceptors (Lipinski definition) is 2. The zero-order chi connectivity index (χ0) is 13.1. The van der Waals surface area contributed by atoms with Crippen LogP contribution in [-0.2, 0) is 4.79 Å². The maximum absolute atomic E-state index is 11.5. The van der Waals surface area contributed by atoms with Crippen molar-refractivity contribution in [3.05, 3.63) is 0 Å². The van der Waals surface area contributed by atoms with Crippen LogP contribution >= 0.6 is 0 Å². The minimum Gasteiger partial charge on any atom is -0.337 e. The van der Waals surface area contributed by atoms with E-state index in [-0.39, 0.29) is 5.54 Å². The molecule has 0 aromatic heterocycles. The Bertz CT molecular complexity index is 257. The lowest BCUT2D eigenvalue weighted by atomic mass is 10.0. The molecule has 0 aromatic rings. The maximum atomic E-state index is 11.5. The van der Waals surface area contributed by atoms with Crippen molar-refractivity contribution in [1.29, 1.82) is 0 Å². The summed E-state index contributed by atoms with van der Waals surface area (Å²) in [7, 11) is 0. The van der Waals surface area contributed by atoms with Gasteiger partial charge in [-0.05, 0) is 27.2 Å². The Labute approximate surface area is 106 Å². The molecule has 0 saturated carbocycles. The lowest BCUT2D eigenvalue weighted by Gasteiger charge is -2.44. The predicted molar refractivity (Wildman–Crippen MR) is 72.0 cm³/mol. The van der Waals surface area contributed by atoms with Crippen LogP contribution in [0.1, 0.15) is 53.9 Å². The normalized spacial score (nSPS) is 25.4. The number of carbonyl (C=O) groups excluding carboxylic acids is 1. The summed E-state index contributed by atoms with van der Waals surface area (Å²) in [5, 5.41) is 0. The second kappa shape index (κ2) is 5.85. The van der Waals surface area contributed by atoms with E-state index in [4.69, 9.17) is 0 Å². The second-order valence-electron chi connectivity index (χ2n) is 6.10. The van der Waals surface area contributed by atoms with Gasteiger partial charge >= 0.3 is 0 Å². The zero-order valence-corrected chi connectivity index (χ0v) is 12.1. The molecular weight excluding hydrogens is 212 g/mol. The van der Waals surface area contributed by atoms with Crippen molar-refractivity contribution in [2.75, 3.05) is 19.6 Å². The monoisotopic (exact) mass is 240 g/mol. The smallest absolute Gasteiger partial charge is 0.222 e. The molecular formula is C14H28N2O. The van der Waals surface area contributed by atoms with E-state index in [1.807, 2.05) is 0 Å². The highest BCUT2D eigenvalue weighted by Crippen LogP contribution is 2.26. The van der Waals surface area contributed by atoms with Gasteiger partial charge in [0.25, 0.3) is 0 Å². The van der Waals surface area contributed by atoms with E-state index >= 15 is 0 Å². The topological polar surface area (TPSA) is 23.6 Å². The first kappa shape index (κ1) is 14.5. The number of nitrogens with zero attached hydrogens (tertiary/aromatic N) is 2. The molecule has 2 rings (SSSR count). The molecule has 2 saturated heterocycles. The van der Waals surface area contributed by atoms with Gasteiger partial charge in [-0.15, -0.1) is 0 Å². The number of piperazine rings is 1. The Hall–Kier alpha value is -0.570. The van der Waals surface area contributed by atoms with Gasteiger partial charge in [-0.25, -0.2) is 0 Å². The first-order valence-electron chi connectivity index (χ1n) is 6.94. The lowest BCUT2D eigenvalue weighted by Crippen LogP contribution is -2.56. The molecule has 0 spiro atoms. The average molecular weight is 240 g/mol. The Kier molecular flexibility index (Phi) is 4.99. The summed E-state index contributed by atoms with van der Waals surface area (Å²) in [5.41, 5.74) is 0.248. The van der Waals surface area contributed by atoms with Crippen molar-refractivity contribution in [3.63, 3.8) is 0 Å². The number of amides is 1. The summed E-state index contributed by atoms with van der Waals surface area (Å²) < 4.78 is 0. The highest BCUT2D eigenvalue weighted by atomic mass is 16.2. The van der Waals surface area contributed by atoms with Gasteiger partial charge in [0.2, 0.25) is 5.91 Å². The van der Waals surface area contributed by atoms with E-state index < -0.39 is 0 Å². The van der Waals surface area contributed by atoms with Crippen molar-refractivity contribution >= 4 is 5.91 Å². The van der Waals surface area contributed by atoms with Gasteiger partial charge in [0.1, 0.15) is 0 Å². The zero-order valence-electron chi connectivity index (χ0n) is 12.1. The van der Waals surface area contributed by atoms with Crippen molar-refractivity contribution in [2.45, 2.75) is 65.5 Å². The fourth-order valence-electron chi connectivity index (χ4n) is 2.47. The number of fused-ring (bicyclic) bond motifs is 1. The Balaban J connectivity index is 0.000000437. The maximum Gasteiger partial charge on any atom is 0.222 e. The molecule has 3 nitrogen and oxygen atoms in total. The van der Waals surface area contributed by atoms with Crippen LogP contribution in [0.4, 0.5) is 0 Å². The standard InChI is InChI=1S/C11H20N2O.C3H8/c1-11(2,3)12-6-7-13-9(8-12)4-5-10(13)14;1-3-2/h9H,4-8H2,1-3H3;3H2,1-2H3/t9-;/m1./s1. The minimum absolute atomic E-state index is 0.248. The number of carbonyl (C=O) groups is 1. The molecule has 2 aliphatic heterocycles. The molecule has 3 heteroatoms. The van der Waals surface area contributed by atoms with Gasteiger partial charge in [0, 0.05) is 37.6 Å². The quantitative estimate of drug-likeness (QED) is 0.649. The molecule has 0 aliphatic carbocycles. The Morgan fingerprint density at radius 3 is 2.35 bits per heavy atom. The molecule has 2 fully saturated rings. The predicted octanol–water partition coefficient (Wildman–Crippen LogP) is 2.51. The molecule has 0 aromatic carbocycles. The van der Waals surface area contributed by atoms with Crippen LogP contribution < -0.4 is 0 Å². The summed E-state index contributed by atoms with van der Waals surface area (Å²) in [4.78, 5) is 16.0. The third-order valence-electron chi connectivity index (χ3n) is 3.44. The van der Waals surface area contributed by atoms with Gasteiger partial charge < -0.3 is 4.90 Å². The largest absolute Gasteiger partial charge is 0.337 e. The molecule has 0 N–H and O–H groups in total. The summed E-state index contributed by atoms with van der Waals surface area (Å²) in [5.74, 6) is 0.364. The SMILES string of the molecule is CC(C)(C)N1CCN2C(=O)CC[C@@H]2C1.CCC. The van der Waals surface area contributed by atoms with Gasteiger partial charge in [-0.1, -0.05) is 20.3 Å². The lowest BCUT2D eigenvalue weighted by molar-refractivity contribution is -0.131. The molecule has 2 heterocycles. The molecule has 100 valence electrons. The third kappa shape index (κ3) is 3.70.